The van der Waals surface area contributed by atoms with Gasteiger partial charge in [-0.05, 0) is 73.7 Å². The lowest BCUT2D eigenvalue weighted by Gasteiger charge is -2.33. The van der Waals surface area contributed by atoms with Crippen LogP contribution in [-0.2, 0) is 27.3 Å². The summed E-state index contributed by atoms with van der Waals surface area (Å²) in [6.45, 7) is 3.11. The lowest BCUT2D eigenvalue weighted by Crippen LogP contribution is -2.53. The maximum absolute atomic E-state index is 14.0. The van der Waals surface area contributed by atoms with Gasteiger partial charge in [0, 0.05) is 66.1 Å². The zero-order valence-corrected chi connectivity index (χ0v) is 30.4. The first-order valence-electron chi connectivity index (χ1n) is 16.9. The summed E-state index contributed by atoms with van der Waals surface area (Å²) in [6, 6.07) is 14.6. The second kappa shape index (κ2) is 17.9. The first-order valence-corrected chi connectivity index (χ1v) is 18.5. The maximum Gasteiger partial charge on any atom is 0.243 e. The first kappa shape index (κ1) is 36.7. The Kier molecular flexibility index (Phi) is 13.4. The Balaban J connectivity index is 1.51. The van der Waals surface area contributed by atoms with E-state index in [1.54, 1.807) is 18.8 Å². The smallest absolute Gasteiger partial charge is 0.243 e. The molecule has 0 bridgehead atoms. The molecular formula is C36H47BrN8O3S. The number of unbranched alkanes of at least 4 members (excludes halogenated alkanes) is 1. The van der Waals surface area contributed by atoms with Crippen molar-refractivity contribution in [1.82, 2.24) is 30.7 Å². The molecule has 8 N–H and O–H groups in total. The molecule has 0 saturated heterocycles. The van der Waals surface area contributed by atoms with Crippen LogP contribution in [0.25, 0.3) is 10.9 Å². The fourth-order valence-electron chi connectivity index (χ4n) is 6.17. The Morgan fingerprint density at radius 2 is 1.67 bits per heavy atom. The van der Waals surface area contributed by atoms with E-state index in [0.29, 0.717) is 45.4 Å². The van der Waals surface area contributed by atoms with Crippen LogP contribution in [0.15, 0.2) is 80.8 Å². The van der Waals surface area contributed by atoms with E-state index >= 15 is 0 Å². The van der Waals surface area contributed by atoms with Crippen LogP contribution in [0.5, 0.6) is 0 Å². The van der Waals surface area contributed by atoms with E-state index in [4.69, 9.17) is 11.5 Å². The van der Waals surface area contributed by atoms with Crippen LogP contribution in [0.2, 0.25) is 0 Å². The average Bonchev–Trinajstić information content (AvgIpc) is 3.52. The van der Waals surface area contributed by atoms with Gasteiger partial charge < -0.3 is 42.2 Å². The van der Waals surface area contributed by atoms with Crippen molar-refractivity contribution in [2.24, 2.45) is 11.5 Å². The molecule has 2 atom stereocenters. The molecule has 0 saturated carbocycles. The number of nitrogens with one attached hydrogen (secondary N) is 4. The lowest BCUT2D eigenvalue weighted by atomic mass is 10.0. The first-order chi connectivity index (χ1) is 23.8. The third kappa shape index (κ3) is 9.55. The molecule has 1 aromatic heterocycles. The zero-order chi connectivity index (χ0) is 34.8. The number of carbonyl (C=O) groups excluding carboxylic acids is 3. The highest BCUT2D eigenvalue weighted by Gasteiger charge is 2.30. The van der Waals surface area contributed by atoms with Gasteiger partial charge in [-0.15, -0.1) is 0 Å². The maximum atomic E-state index is 14.0. The number of likely N-dealkylation sites (N-methyl/N-ethyl adjacent to an activating group) is 1. The molecule has 0 unspecified atom stereocenters. The highest BCUT2D eigenvalue weighted by molar-refractivity contribution is 9.11. The zero-order valence-electron chi connectivity index (χ0n) is 28.0. The number of aromatic amines is 1. The van der Waals surface area contributed by atoms with Gasteiger partial charge in [-0.25, -0.2) is 0 Å². The molecule has 0 spiro atoms. The molecule has 11 nitrogen and oxygen atoms in total. The number of nitrogens with two attached hydrogens (primary N) is 2. The second-order valence-electron chi connectivity index (χ2n) is 12.4. The number of halogens is 1. The van der Waals surface area contributed by atoms with E-state index in [1.807, 2.05) is 48.7 Å². The van der Waals surface area contributed by atoms with Gasteiger partial charge in [0.15, 0.2) is 0 Å². The van der Waals surface area contributed by atoms with Gasteiger partial charge in [0.05, 0.1) is 17.6 Å². The Morgan fingerprint density at radius 1 is 0.918 bits per heavy atom. The molecule has 3 aromatic rings. The Labute approximate surface area is 300 Å². The average molecular weight is 752 g/mol. The quantitative estimate of drug-likeness (QED) is 0.182. The number of nitrogens with zero attached hydrogens (tertiary/aromatic N) is 2. The van der Waals surface area contributed by atoms with Crippen molar-refractivity contribution in [2.45, 2.75) is 55.6 Å². The van der Waals surface area contributed by atoms with Crippen molar-refractivity contribution >= 4 is 56.3 Å². The van der Waals surface area contributed by atoms with Crippen LogP contribution in [0, 0.1) is 0 Å². The Bertz CT molecular complexity index is 1690. The summed E-state index contributed by atoms with van der Waals surface area (Å²) >= 11 is 5.42. The van der Waals surface area contributed by atoms with Crippen molar-refractivity contribution in [3.8, 4) is 0 Å². The summed E-state index contributed by atoms with van der Waals surface area (Å²) in [6.07, 6.45) is 7.34. The van der Waals surface area contributed by atoms with Gasteiger partial charge in [-0.2, -0.15) is 0 Å². The predicted octanol–water partition coefficient (Wildman–Crippen LogP) is 3.32. The van der Waals surface area contributed by atoms with Gasteiger partial charge in [0.2, 0.25) is 17.7 Å². The summed E-state index contributed by atoms with van der Waals surface area (Å²) in [5.74, 6) is -0.911. The largest absolute Gasteiger partial charge is 0.361 e. The number of thioether (sulfide) groups is 1. The minimum absolute atomic E-state index is 0.235. The SMILES string of the molecule is CN1C(=O)CNC(=O)[C@H](CCCN)NCC2=C(Sc3ccccc3CNC(=O)[C@@H]1Cc1c[nH]c3ccccc13)N(CCCCN)CC(Br)=C2. The molecule has 2 aliphatic rings. The van der Waals surface area contributed by atoms with Crippen molar-refractivity contribution in [1.29, 1.82) is 0 Å². The molecule has 262 valence electrons. The van der Waals surface area contributed by atoms with E-state index in [2.05, 4.69) is 53.9 Å². The van der Waals surface area contributed by atoms with Gasteiger partial charge >= 0.3 is 0 Å². The number of rotatable bonds is 9. The number of para-hydroxylation sites is 1. The number of H-pyrrole nitrogens is 1. The summed E-state index contributed by atoms with van der Waals surface area (Å²) in [4.78, 5) is 49.3. The number of aromatic nitrogens is 1. The lowest BCUT2D eigenvalue weighted by molar-refractivity contribution is -0.139. The monoisotopic (exact) mass is 750 g/mol. The molecule has 0 aliphatic carbocycles. The summed E-state index contributed by atoms with van der Waals surface area (Å²) in [7, 11) is 1.62. The molecule has 0 fully saturated rings. The van der Waals surface area contributed by atoms with Gasteiger partial charge in [-0.1, -0.05) is 64.1 Å². The number of fused-ring (bicyclic) bond motifs is 2. The van der Waals surface area contributed by atoms with Gasteiger partial charge in [-0.3, -0.25) is 14.4 Å². The molecule has 5 rings (SSSR count). The number of carbonyl (C=O) groups is 3. The van der Waals surface area contributed by atoms with Crippen LogP contribution >= 0.6 is 27.7 Å². The van der Waals surface area contributed by atoms with Crippen LogP contribution in [0.1, 0.15) is 36.8 Å². The molecule has 0 radical (unpaired) electrons. The minimum Gasteiger partial charge on any atom is -0.361 e. The highest BCUT2D eigenvalue weighted by atomic mass is 79.9. The van der Waals surface area contributed by atoms with E-state index in [-0.39, 0.29) is 24.3 Å². The molecule has 13 heteroatoms. The molecule has 2 aliphatic heterocycles. The fourth-order valence-corrected chi connectivity index (χ4v) is 7.92. The van der Waals surface area contributed by atoms with Gasteiger partial charge in [0.1, 0.15) is 6.04 Å². The molecular weight excluding hydrogens is 704 g/mol. The molecule has 2 aromatic carbocycles. The summed E-state index contributed by atoms with van der Waals surface area (Å²) in [5.41, 5.74) is 15.6. The topological polar surface area (TPSA) is 162 Å². The predicted molar refractivity (Wildman–Crippen MR) is 200 cm³/mol. The Morgan fingerprint density at radius 3 is 2.49 bits per heavy atom. The normalized spacial score (nSPS) is 20.0. The van der Waals surface area contributed by atoms with Gasteiger partial charge in [0.25, 0.3) is 0 Å². The van der Waals surface area contributed by atoms with Crippen molar-refractivity contribution in [3.05, 3.63) is 87.0 Å². The molecule has 3 heterocycles. The van der Waals surface area contributed by atoms with Crippen LogP contribution in [0.3, 0.4) is 0 Å². The summed E-state index contributed by atoms with van der Waals surface area (Å²) < 4.78 is 1.05. The number of hydrogen-bond donors (Lipinski definition) is 6. The van der Waals surface area contributed by atoms with Crippen LogP contribution in [0.4, 0.5) is 0 Å². The third-order valence-corrected chi connectivity index (χ3v) is 10.8. The summed E-state index contributed by atoms with van der Waals surface area (Å²) in [5, 5.41) is 11.5. The van der Waals surface area contributed by atoms with Crippen LogP contribution < -0.4 is 27.4 Å². The van der Waals surface area contributed by atoms with E-state index in [9.17, 15) is 14.4 Å². The number of hydrogen-bond acceptors (Lipinski definition) is 8. The highest BCUT2D eigenvalue weighted by Crippen LogP contribution is 2.38. The fraction of sp³-hybridized carbons (Fsp3) is 0.417. The van der Waals surface area contributed by atoms with Crippen molar-refractivity contribution in [2.75, 3.05) is 46.3 Å². The minimum atomic E-state index is -0.807. The number of amides is 3. The third-order valence-electron chi connectivity index (χ3n) is 8.97. The molecule has 49 heavy (non-hydrogen) atoms. The van der Waals surface area contributed by atoms with E-state index in [0.717, 1.165) is 67.9 Å². The molecule has 3 amide bonds. The Hall–Kier alpha value is -3.62. The number of benzene rings is 2. The van der Waals surface area contributed by atoms with Crippen molar-refractivity contribution in [3.63, 3.8) is 0 Å². The van der Waals surface area contributed by atoms with E-state index in [1.165, 1.54) is 4.90 Å². The van der Waals surface area contributed by atoms with Crippen LogP contribution in [-0.4, -0.2) is 90.9 Å². The second-order valence-corrected chi connectivity index (χ2v) is 14.5. The standard InChI is InChI=1S/C36H47BrN8O3S/c1-44-31(18-25-20-40-29-11-4-3-10-28(25)29)35(48)42-19-24-9-2-5-13-32(24)49-36-26(17-27(37)23-45(36)16-7-6-14-38)21-41-30(12-8-15-39)34(47)43-22-33(44)46/h2-5,9-11,13,17,20,30-31,40-41H,6-8,12,14-16,18-19,21-23,38-39H2,1H3,(H,42,48)(H,43,47)/t30-,31-/m0/s1. The van der Waals surface area contributed by atoms with Crippen molar-refractivity contribution < 1.29 is 14.4 Å². The van der Waals surface area contributed by atoms with E-state index < -0.39 is 12.1 Å².